The summed E-state index contributed by atoms with van der Waals surface area (Å²) < 4.78 is 10.2. The first-order valence-electron chi connectivity index (χ1n) is 5.53. The van der Waals surface area contributed by atoms with Gasteiger partial charge >= 0.3 is 0 Å². The fourth-order valence-electron chi connectivity index (χ4n) is 1.59. The molecule has 3 nitrogen and oxygen atoms in total. The first-order chi connectivity index (χ1) is 7.67. The van der Waals surface area contributed by atoms with Crippen LogP contribution in [-0.2, 0) is 9.47 Å². The highest BCUT2D eigenvalue weighted by molar-refractivity contribution is 5.24. The van der Waals surface area contributed by atoms with E-state index in [4.69, 9.17) is 9.47 Å². The lowest BCUT2D eigenvalue weighted by atomic mass is 10.1. The Morgan fingerprint density at radius 3 is 2.50 bits per heavy atom. The summed E-state index contributed by atoms with van der Waals surface area (Å²) in [5.41, 5.74) is 2.56. The monoisotopic (exact) mass is 223 g/mol. The Labute approximate surface area is 97.8 Å². The van der Waals surface area contributed by atoms with Crippen LogP contribution in [-0.4, -0.2) is 27.1 Å². The number of nitrogens with one attached hydrogen (secondary N) is 1. The van der Waals surface area contributed by atoms with Crippen LogP contribution >= 0.6 is 0 Å². The zero-order valence-corrected chi connectivity index (χ0v) is 10.5. The normalized spacial score (nSPS) is 13.1. The van der Waals surface area contributed by atoms with Gasteiger partial charge in [0, 0.05) is 26.8 Å². The summed E-state index contributed by atoms with van der Waals surface area (Å²) in [6, 6.07) is 8.79. The van der Waals surface area contributed by atoms with E-state index in [0.29, 0.717) is 12.6 Å². The molecule has 1 aromatic carbocycles. The van der Waals surface area contributed by atoms with Crippen molar-refractivity contribution in [3.63, 3.8) is 0 Å². The summed E-state index contributed by atoms with van der Waals surface area (Å²) in [4.78, 5) is 0. The lowest BCUT2D eigenvalue weighted by Gasteiger charge is -2.19. The van der Waals surface area contributed by atoms with Crippen molar-refractivity contribution in [1.29, 1.82) is 0 Å². The van der Waals surface area contributed by atoms with Crippen LogP contribution in [0.5, 0.6) is 0 Å². The largest absolute Gasteiger partial charge is 0.355 e. The molecule has 0 aromatic heterocycles. The van der Waals surface area contributed by atoms with Gasteiger partial charge in [0.2, 0.25) is 0 Å². The van der Waals surface area contributed by atoms with Gasteiger partial charge in [-0.05, 0) is 19.4 Å². The summed E-state index contributed by atoms with van der Waals surface area (Å²) in [5, 5.41) is 3.38. The number of hydrogen-bond donors (Lipinski definition) is 1. The van der Waals surface area contributed by atoms with Crippen LogP contribution in [0.15, 0.2) is 24.3 Å². The van der Waals surface area contributed by atoms with Crippen molar-refractivity contribution in [1.82, 2.24) is 5.32 Å². The van der Waals surface area contributed by atoms with Crippen molar-refractivity contribution < 1.29 is 9.47 Å². The number of methoxy groups -OCH3 is 2. The standard InChI is InChI=1S/C13H21NO2/c1-10-6-5-7-12(8-10)11(2)14-9-13(15-3)16-4/h5-8,11,13-14H,9H2,1-4H3/t11-/m0/s1. The first-order valence-corrected chi connectivity index (χ1v) is 5.53. The van der Waals surface area contributed by atoms with E-state index in [1.165, 1.54) is 11.1 Å². The van der Waals surface area contributed by atoms with Gasteiger partial charge in [-0.25, -0.2) is 0 Å². The van der Waals surface area contributed by atoms with Crippen LogP contribution in [0.4, 0.5) is 0 Å². The van der Waals surface area contributed by atoms with Gasteiger partial charge in [0.15, 0.2) is 6.29 Å². The number of hydrogen-bond acceptors (Lipinski definition) is 3. The Kier molecular flexibility index (Phi) is 5.46. The van der Waals surface area contributed by atoms with Crippen LogP contribution in [0.1, 0.15) is 24.1 Å². The van der Waals surface area contributed by atoms with Crippen molar-refractivity contribution in [2.75, 3.05) is 20.8 Å². The zero-order chi connectivity index (χ0) is 12.0. The fraction of sp³-hybridized carbons (Fsp3) is 0.538. The molecule has 0 aliphatic heterocycles. The van der Waals surface area contributed by atoms with Crippen LogP contribution in [0.25, 0.3) is 0 Å². The molecular weight excluding hydrogens is 202 g/mol. The van der Waals surface area contributed by atoms with E-state index in [1.54, 1.807) is 14.2 Å². The second-order valence-corrected chi connectivity index (χ2v) is 3.95. The summed E-state index contributed by atoms with van der Waals surface area (Å²) in [7, 11) is 3.29. The van der Waals surface area contributed by atoms with Gasteiger partial charge in [-0.1, -0.05) is 29.8 Å². The third-order valence-electron chi connectivity index (χ3n) is 2.66. The maximum absolute atomic E-state index is 5.12. The molecule has 1 aromatic rings. The lowest BCUT2D eigenvalue weighted by molar-refractivity contribution is -0.0997. The van der Waals surface area contributed by atoms with Crippen molar-refractivity contribution in [3.8, 4) is 0 Å². The number of aryl methyl sites for hydroxylation is 1. The zero-order valence-electron chi connectivity index (χ0n) is 10.5. The molecule has 0 fully saturated rings. The quantitative estimate of drug-likeness (QED) is 0.750. The predicted octanol–water partition coefficient (Wildman–Crippen LogP) is 2.26. The van der Waals surface area contributed by atoms with E-state index in [0.717, 1.165) is 0 Å². The molecule has 90 valence electrons. The highest BCUT2D eigenvalue weighted by Crippen LogP contribution is 2.13. The molecular formula is C13H21NO2. The van der Waals surface area contributed by atoms with Crippen LogP contribution < -0.4 is 5.32 Å². The molecule has 1 rings (SSSR count). The molecule has 1 atom stereocenters. The Morgan fingerprint density at radius 2 is 1.94 bits per heavy atom. The maximum Gasteiger partial charge on any atom is 0.169 e. The topological polar surface area (TPSA) is 30.5 Å². The molecule has 0 unspecified atom stereocenters. The van der Waals surface area contributed by atoms with Crippen molar-refractivity contribution in [2.24, 2.45) is 0 Å². The van der Waals surface area contributed by atoms with Crippen LogP contribution in [0.3, 0.4) is 0 Å². The van der Waals surface area contributed by atoms with E-state index in [9.17, 15) is 0 Å². The minimum atomic E-state index is -0.188. The SMILES string of the molecule is COC(CN[C@@H](C)c1cccc(C)c1)OC. The van der Waals surface area contributed by atoms with E-state index >= 15 is 0 Å². The summed E-state index contributed by atoms with van der Waals surface area (Å²) in [5.74, 6) is 0. The Bertz CT molecular complexity index is 311. The first kappa shape index (κ1) is 13.2. The molecule has 0 heterocycles. The Hall–Kier alpha value is -0.900. The Morgan fingerprint density at radius 1 is 1.25 bits per heavy atom. The fourth-order valence-corrected chi connectivity index (χ4v) is 1.59. The van der Waals surface area contributed by atoms with Crippen molar-refractivity contribution >= 4 is 0 Å². The molecule has 0 spiro atoms. The number of ether oxygens (including phenoxy) is 2. The van der Waals surface area contributed by atoms with Crippen LogP contribution in [0, 0.1) is 6.92 Å². The van der Waals surface area contributed by atoms with Gasteiger partial charge in [0.1, 0.15) is 0 Å². The van der Waals surface area contributed by atoms with Gasteiger partial charge in [0.05, 0.1) is 0 Å². The number of benzene rings is 1. The summed E-state index contributed by atoms with van der Waals surface area (Å²) in [6.07, 6.45) is -0.188. The highest BCUT2D eigenvalue weighted by Gasteiger charge is 2.09. The third kappa shape index (κ3) is 3.93. The second-order valence-electron chi connectivity index (χ2n) is 3.95. The minimum Gasteiger partial charge on any atom is -0.355 e. The van der Waals surface area contributed by atoms with Crippen molar-refractivity contribution in [3.05, 3.63) is 35.4 Å². The lowest BCUT2D eigenvalue weighted by Crippen LogP contribution is -2.31. The van der Waals surface area contributed by atoms with Gasteiger partial charge in [-0.3, -0.25) is 0 Å². The molecule has 0 aliphatic rings. The minimum absolute atomic E-state index is 0.188. The average molecular weight is 223 g/mol. The van der Waals surface area contributed by atoms with Gasteiger partial charge < -0.3 is 14.8 Å². The highest BCUT2D eigenvalue weighted by atomic mass is 16.7. The number of rotatable bonds is 6. The smallest absolute Gasteiger partial charge is 0.169 e. The molecule has 0 saturated heterocycles. The predicted molar refractivity (Wildman–Crippen MR) is 65.4 cm³/mol. The summed E-state index contributed by atoms with van der Waals surface area (Å²) in [6.45, 7) is 4.92. The van der Waals surface area contributed by atoms with Gasteiger partial charge in [-0.2, -0.15) is 0 Å². The van der Waals surface area contributed by atoms with Crippen molar-refractivity contribution in [2.45, 2.75) is 26.2 Å². The van der Waals surface area contributed by atoms with E-state index < -0.39 is 0 Å². The molecule has 0 saturated carbocycles. The molecule has 0 bridgehead atoms. The van der Waals surface area contributed by atoms with E-state index in [-0.39, 0.29) is 6.29 Å². The third-order valence-corrected chi connectivity index (χ3v) is 2.66. The average Bonchev–Trinajstić information content (AvgIpc) is 2.30. The maximum atomic E-state index is 5.12. The molecule has 0 aliphatic carbocycles. The molecule has 0 radical (unpaired) electrons. The van der Waals surface area contributed by atoms with Gasteiger partial charge in [0.25, 0.3) is 0 Å². The molecule has 3 heteroatoms. The van der Waals surface area contributed by atoms with E-state index in [1.807, 2.05) is 0 Å². The van der Waals surface area contributed by atoms with Gasteiger partial charge in [-0.15, -0.1) is 0 Å². The molecule has 1 N–H and O–H groups in total. The molecule has 16 heavy (non-hydrogen) atoms. The second kappa shape index (κ2) is 6.63. The van der Waals surface area contributed by atoms with Crippen LogP contribution in [0.2, 0.25) is 0 Å². The summed E-state index contributed by atoms with van der Waals surface area (Å²) >= 11 is 0. The van der Waals surface area contributed by atoms with E-state index in [2.05, 4.69) is 43.4 Å². The Balaban J connectivity index is 2.49. The molecule has 0 amide bonds.